The van der Waals surface area contributed by atoms with Gasteiger partial charge >= 0.3 is 0 Å². The fourth-order valence-electron chi connectivity index (χ4n) is 3.92. The van der Waals surface area contributed by atoms with Crippen molar-refractivity contribution in [2.24, 2.45) is 0 Å². The summed E-state index contributed by atoms with van der Waals surface area (Å²) in [4.78, 5) is 10.3. The van der Waals surface area contributed by atoms with E-state index in [0.717, 1.165) is 65.5 Å². The second kappa shape index (κ2) is 12.7. The standard InChI is InChI=1S/C27H33NO3/c29-20-14-7-5-3-1-2-4-6-11-17-24-21-27(31-22-23-15-9-8-10-16-23)25-18-12-13-19-26(25)28(24)30/h8-10,12-13,15-16,18-21H,1-7,11,14,17,22H2. The topological polar surface area (TPSA) is 53.2 Å². The molecular formula is C27H33NO3. The molecule has 0 bridgehead atoms. The lowest BCUT2D eigenvalue weighted by molar-refractivity contribution is -0.586. The van der Waals surface area contributed by atoms with Crippen LogP contribution in [0.5, 0.6) is 5.75 Å². The maximum absolute atomic E-state index is 12.9. The van der Waals surface area contributed by atoms with Crippen LogP contribution >= 0.6 is 0 Å². The highest BCUT2D eigenvalue weighted by molar-refractivity contribution is 5.82. The van der Waals surface area contributed by atoms with Gasteiger partial charge in [-0.2, -0.15) is 4.73 Å². The number of carbonyl (C=O) groups excluding carboxylic acids is 1. The molecule has 0 fully saturated rings. The van der Waals surface area contributed by atoms with E-state index in [-0.39, 0.29) is 0 Å². The molecule has 164 valence electrons. The van der Waals surface area contributed by atoms with E-state index in [1.807, 2.05) is 60.7 Å². The highest BCUT2D eigenvalue weighted by Crippen LogP contribution is 2.26. The number of fused-ring (bicyclic) bond motifs is 1. The van der Waals surface area contributed by atoms with Crippen molar-refractivity contribution in [2.45, 2.75) is 70.8 Å². The number of hydrogen-bond donors (Lipinski definition) is 0. The van der Waals surface area contributed by atoms with Gasteiger partial charge in [0.15, 0.2) is 5.69 Å². The monoisotopic (exact) mass is 419 g/mol. The van der Waals surface area contributed by atoms with Crippen LogP contribution in [-0.4, -0.2) is 6.29 Å². The molecule has 0 saturated heterocycles. The fraction of sp³-hybridized carbons (Fsp3) is 0.407. The highest BCUT2D eigenvalue weighted by Gasteiger charge is 2.16. The Hall–Kier alpha value is -2.88. The van der Waals surface area contributed by atoms with Gasteiger partial charge in [-0.25, -0.2) is 0 Å². The molecule has 0 radical (unpaired) electrons. The number of carbonyl (C=O) groups is 1. The second-order valence-electron chi connectivity index (χ2n) is 8.12. The number of aldehydes is 1. The van der Waals surface area contributed by atoms with Crippen molar-refractivity contribution in [3.63, 3.8) is 0 Å². The average molecular weight is 420 g/mol. The van der Waals surface area contributed by atoms with E-state index >= 15 is 0 Å². The lowest BCUT2D eigenvalue weighted by Crippen LogP contribution is -2.33. The number of benzene rings is 2. The van der Waals surface area contributed by atoms with Gasteiger partial charge in [-0.15, -0.1) is 0 Å². The maximum atomic E-state index is 12.9. The van der Waals surface area contributed by atoms with Gasteiger partial charge in [-0.05, 0) is 24.5 Å². The van der Waals surface area contributed by atoms with Crippen LogP contribution in [0, 0.1) is 5.21 Å². The summed E-state index contributed by atoms with van der Waals surface area (Å²) in [6, 6.07) is 19.7. The molecule has 0 unspecified atom stereocenters. The van der Waals surface area contributed by atoms with Crippen LogP contribution in [0.25, 0.3) is 10.9 Å². The Morgan fingerprint density at radius 3 is 2.19 bits per heavy atom. The molecule has 3 aromatic rings. The first kappa shape index (κ1) is 22.8. The Morgan fingerprint density at radius 1 is 0.806 bits per heavy atom. The smallest absolute Gasteiger partial charge is 0.227 e. The zero-order chi connectivity index (χ0) is 21.7. The van der Waals surface area contributed by atoms with E-state index < -0.39 is 0 Å². The summed E-state index contributed by atoms with van der Waals surface area (Å²) in [5.41, 5.74) is 2.55. The Balaban J connectivity index is 1.54. The molecule has 0 atom stereocenters. The zero-order valence-corrected chi connectivity index (χ0v) is 18.3. The van der Waals surface area contributed by atoms with Crippen molar-refractivity contribution in [2.75, 3.05) is 0 Å². The van der Waals surface area contributed by atoms with E-state index in [1.54, 1.807) is 0 Å². The average Bonchev–Trinajstić information content (AvgIpc) is 2.81. The van der Waals surface area contributed by atoms with Crippen molar-refractivity contribution in [3.05, 3.63) is 77.1 Å². The second-order valence-corrected chi connectivity index (χ2v) is 8.12. The van der Waals surface area contributed by atoms with Crippen LogP contribution in [0.4, 0.5) is 0 Å². The number of ether oxygens (including phenoxy) is 1. The van der Waals surface area contributed by atoms with Crippen molar-refractivity contribution in [1.82, 2.24) is 0 Å². The lowest BCUT2D eigenvalue weighted by atomic mass is 10.0. The molecule has 0 saturated carbocycles. The molecule has 1 aromatic heterocycles. The van der Waals surface area contributed by atoms with Gasteiger partial charge in [0.1, 0.15) is 18.6 Å². The Kier molecular flexibility index (Phi) is 9.36. The van der Waals surface area contributed by atoms with Gasteiger partial charge in [-0.1, -0.05) is 81.0 Å². The third-order valence-electron chi connectivity index (χ3n) is 5.69. The molecule has 0 N–H and O–H groups in total. The lowest BCUT2D eigenvalue weighted by Gasteiger charge is -2.13. The van der Waals surface area contributed by atoms with Crippen molar-refractivity contribution < 1.29 is 14.3 Å². The molecule has 3 rings (SSSR count). The van der Waals surface area contributed by atoms with Crippen LogP contribution in [-0.2, 0) is 17.8 Å². The normalized spacial score (nSPS) is 11.0. The van der Waals surface area contributed by atoms with Gasteiger partial charge in [0, 0.05) is 25.0 Å². The number of para-hydroxylation sites is 1. The summed E-state index contributed by atoms with van der Waals surface area (Å²) in [6.07, 6.45) is 11.6. The molecule has 0 aliphatic carbocycles. The molecule has 0 aliphatic heterocycles. The first-order chi connectivity index (χ1) is 15.3. The molecule has 4 nitrogen and oxygen atoms in total. The molecule has 2 aromatic carbocycles. The summed E-state index contributed by atoms with van der Waals surface area (Å²) < 4.78 is 7.19. The maximum Gasteiger partial charge on any atom is 0.227 e. The van der Waals surface area contributed by atoms with E-state index in [4.69, 9.17) is 4.74 Å². The van der Waals surface area contributed by atoms with Crippen LogP contribution in [0.1, 0.15) is 69.0 Å². The predicted molar refractivity (Wildman–Crippen MR) is 125 cm³/mol. The SMILES string of the molecule is O=CCCCCCCCCCCc1cc(OCc2ccccc2)c2ccccc2[n+]1[O-]. The summed E-state index contributed by atoms with van der Waals surface area (Å²) in [5, 5.41) is 13.7. The van der Waals surface area contributed by atoms with Crippen molar-refractivity contribution in [3.8, 4) is 5.75 Å². The Labute approximate surface area is 185 Å². The molecule has 31 heavy (non-hydrogen) atoms. The van der Waals surface area contributed by atoms with Gasteiger partial charge < -0.3 is 14.7 Å². The third kappa shape index (κ3) is 7.09. The van der Waals surface area contributed by atoms with Crippen LogP contribution in [0.2, 0.25) is 0 Å². The van der Waals surface area contributed by atoms with Gasteiger partial charge in [0.05, 0.1) is 5.39 Å². The van der Waals surface area contributed by atoms with Crippen LogP contribution in [0.15, 0.2) is 60.7 Å². The third-order valence-corrected chi connectivity index (χ3v) is 5.69. The first-order valence-corrected chi connectivity index (χ1v) is 11.5. The highest BCUT2D eigenvalue weighted by atomic mass is 16.5. The van der Waals surface area contributed by atoms with E-state index in [1.165, 1.54) is 25.7 Å². The molecule has 0 aliphatic rings. The summed E-state index contributed by atoms with van der Waals surface area (Å²) in [7, 11) is 0. The quantitative estimate of drug-likeness (QED) is 0.133. The minimum atomic E-state index is 0.486. The molecule has 1 heterocycles. The van der Waals surface area contributed by atoms with Gasteiger partial charge in [0.25, 0.3) is 0 Å². The number of pyridine rings is 1. The first-order valence-electron chi connectivity index (χ1n) is 11.5. The Bertz CT molecular complexity index is 940. The number of hydrogen-bond acceptors (Lipinski definition) is 3. The summed E-state index contributed by atoms with van der Waals surface area (Å²) in [5.74, 6) is 0.775. The molecule has 4 heteroatoms. The number of rotatable bonds is 14. The largest absolute Gasteiger partial charge is 0.618 e. The zero-order valence-electron chi connectivity index (χ0n) is 18.3. The van der Waals surface area contributed by atoms with Crippen LogP contribution < -0.4 is 9.47 Å². The van der Waals surface area contributed by atoms with E-state index in [9.17, 15) is 10.0 Å². The van der Waals surface area contributed by atoms with Gasteiger partial charge in [0.2, 0.25) is 5.52 Å². The van der Waals surface area contributed by atoms with E-state index in [2.05, 4.69) is 0 Å². The minimum Gasteiger partial charge on any atom is -0.618 e. The number of unbranched alkanes of at least 4 members (excludes halogenated alkanes) is 8. The summed E-state index contributed by atoms with van der Waals surface area (Å²) >= 11 is 0. The number of aryl methyl sites for hydroxylation is 1. The predicted octanol–water partition coefficient (Wildman–Crippen LogP) is 6.30. The summed E-state index contributed by atoms with van der Waals surface area (Å²) in [6.45, 7) is 0.486. The molecule has 0 spiro atoms. The molecule has 0 amide bonds. The number of aromatic nitrogens is 1. The van der Waals surface area contributed by atoms with Crippen molar-refractivity contribution in [1.29, 1.82) is 0 Å². The Morgan fingerprint density at radius 2 is 1.45 bits per heavy atom. The van der Waals surface area contributed by atoms with Crippen molar-refractivity contribution >= 4 is 17.2 Å². The minimum absolute atomic E-state index is 0.486. The fourth-order valence-corrected chi connectivity index (χ4v) is 3.92. The van der Waals surface area contributed by atoms with Crippen LogP contribution in [0.3, 0.4) is 0 Å². The number of nitrogens with zero attached hydrogens (tertiary/aromatic N) is 1. The van der Waals surface area contributed by atoms with Gasteiger partial charge in [-0.3, -0.25) is 0 Å². The molecular weight excluding hydrogens is 386 g/mol. The van der Waals surface area contributed by atoms with E-state index in [0.29, 0.717) is 18.5 Å².